The molecule has 0 saturated heterocycles. The molecule has 1 unspecified atom stereocenters. The van der Waals surface area contributed by atoms with Gasteiger partial charge in [-0.15, -0.1) is 0 Å². The van der Waals surface area contributed by atoms with Crippen molar-refractivity contribution in [2.45, 2.75) is 31.3 Å². The van der Waals surface area contributed by atoms with E-state index < -0.39 is 41.7 Å². The number of benzene rings is 1. The van der Waals surface area contributed by atoms with Crippen LogP contribution in [0.4, 0.5) is 13.6 Å². The van der Waals surface area contributed by atoms with E-state index in [1.165, 1.54) is 30.5 Å². The lowest BCUT2D eigenvalue weighted by Gasteiger charge is -2.36. The van der Waals surface area contributed by atoms with E-state index in [0.717, 1.165) is 13.2 Å². The van der Waals surface area contributed by atoms with Crippen LogP contribution < -0.4 is 5.32 Å². The van der Waals surface area contributed by atoms with Gasteiger partial charge in [0.05, 0.1) is 26.2 Å². The predicted molar refractivity (Wildman–Crippen MR) is 103 cm³/mol. The van der Waals surface area contributed by atoms with Crippen LogP contribution in [-0.4, -0.2) is 59.6 Å². The van der Waals surface area contributed by atoms with Crippen molar-refractivity contribution in [2.75, 3.05) is 20.8 Å². The molecule has 11 heteroatoms. The minimum atomic E-state index is -1.13. The number of nitrogens with zero attached hydrogens (tertiary/aromatic N) is 2. The van der Waals surface area contributed by atoms with Gasteiger partial charge in [0.1, 0.15) is 12.1 Å². The van der Waals surface area contributed by atoms with Crippen molar-refractivity contribution >= 4 is 18.0 Å². The molecule has 0 fully saturated rings. The average Bonchev–Trinajstić information content (AvgIpc) is 3.26. The number of aromatic nitrogens is 2. The summed E-state index contributed by atoms with van der Waals surface area (Å²) in [5.74, 6) is -3.44. The average molecular weight is 436 g/mol. The Kier molecular flexibility index (Phi) is 6.83. The number of nitrogens with one attached hydrogen (secondary N) is 2. The summed E-state index contributed by atoms with van der Waals surface area (Å²) in [6.07, 6.45) is 1.65. The summed E-state index contributed by atoms with van der Waals surface area (Å²) < 4.78 is 37.8. The van der Waals surface area contributed by atoms with Crippen molar-refractivity contribution in [1.29, 1.82) is 0 Å². The van der Waals surface area contributed by atoms with Crippen LogP contribution >= 0.6 is 0 Å². The van der Waals surface area contributed by atoms with E-state index in [1.807, 2.05) is 0 Å². The van der Waals surface area contributed by atoms with E-state index in [-0.39, 0.29) is 24.9 Å². The number of H-pyrrole nitrogens is 1. The monoisotopic (exact) mass is 436 g/mol. The summed E-state index contributed by atoms with van der Waals surface area (Å²) in [4.78, 5) is 45.1. The molecule has 2 N–H and O–H groups in total. The lowest BCUT2D eigenvalue weighted by molar-refractivity contribution is -0.144. The first kappa shape index (κ1) is 22.2. The Morgan fingerprint density at radius 3 is 2.77 bits per heavy atom. The quantitative estimate of drug-likeness (QED) is 0.668. The summed E-state index contributed by atoms with van der Waals surface area (Å²) in [5, 5.41) is 2.52. The molecule has 2 aromatic rings. The van der Waals surface area contributed by atoms with Crippen LogP contribution in [0.1, 0.15) is 35.8 Å². The van der Waals surface area contributed by atoms with E-state index in [2.05, 4.69) is 20.0 Å². The number of rotatable bonds is 6. The largest absolute Gasteiger partial charge is 0.469 e. The molecule has 1 aromatic carbocycles. The molecule has 1 aliphatic rings. The molecule has 0 bridgehead atoms. The highest BCUT2D eigenvalue weighted by molar-refractivity contribution is 5.84. The maximum atomic E-state index is 14.6. The molecular formula is C20H22F2N4O5. The van der Waals surface area contributed by atoms with E-state index >= 15 is 0 Å². The summed E-state index contributed by atoms with van der Waals surface area (Å²) in [6.45, 7) is 0.159. The van der Waals surface area contributed by atoms with Crippen molar-refractivity contribution in [1.82, 2.24) is 20.2 Å². The van der Waals surface area contributed by atoms with Crippen LogP contribution in [-0.2, 0) is 25.5 Å². The summed E-state index contributed by atoms with van der Waals surface area (Å²) in [5.41, 5.74) is 1.02. The summed E-state index contributed by atoms with van der Waals surface area (Å²) in [7, 11) is 2.36. The molecule has 1 aliphatic heterocycles. The van der Waals surface area contributed by atoms with Gasteiger partial charge in [0, 0.05) is 30.6 Å². The van der Waals surface area contributed by atoms with E-state index in [4.69, 9.17) is 4.74 Å². The van der Waals surface area contributed by atoms with Crippen LogP contribution in [0.25, 0.3) is 0 Å². The highest BCUT2D eigenvalue weighted by Gasteiger charge is 2.37. The first-order valence-electron chi connectivity index (χ1n) is 9.55. The zero-order chi connectivity index (χ0) is 22.5. The van der Waals surface area contributed by atoms with Gasteiger partial charge >= 0.3 is 18.0 Å². The minimum Gasteiger partial charge on any atom is -0.469 e. The number of hydrogen-bond acceptors (Lipinski definition) is 6. The number of urea groups is 1. The number of amides is 2. The normalized spacial score (nSPS) is 16.3. The Hall–Kier alpha value is -3.50. The van der Waals surface area contributed by atoms with Crippen molar-refractivity contribution in [3.8, 4) is 0 Å². The fourth-order valence-electron chi connectivity index (χ4n) is 3.53. The van der Waals surface area contributed by atoms with Gasteiger partial charge in [0.25, 0.3) is 0 Å². The van der Waals surface area contributed by atoms with Crippen LogP contribution in [0.5, 0.6) is 0 Å². The Labute approximate surface area is 176 Å². The third-order valence-corrected chi connectivity index (χ3v) is 5.11. The lowest BCUT2D eigenvalue weighted by Crippen LogP contribution is -2.51. The molecule has 1 aromatic heterocycles. The number of esters is 2. The smallest absolute Gasteiger partial charge is 0.328 e. The van der Waals surface area contributed by atoms with Crippen LogP contribution in [0.2, 0.25) is 0 Å². The topological polar surface area (TPSA) is 114 Å². The zero-order valence-electron chi connectivity index (χ0n) is 17.0. The highest BCUT2D eigenvalue weighted by Crippen LogP contribution is 2.35. The molecular weight excluding hydrogens is 414 g/mol. The second-order valence-electron chi connectivity index (χ2n) is 6.90. The van der Waals surface area contributed by atoms with Gasteiger partial charge in [0.15, 0.2) is 11.6 Å². The molecule has 2 heterocycles. The highest BCUT2D eigenvalue weighted by atomic mass is 19.2. The van der Waals surface area contributed by atoms with Crippen molar-refractivity contribution in [2.24, 2.45) is 0 Å². The standard InChI is InChI=1S/C20H22F2N4O5/c1-30-15(27)7-6-14(19(28)31-2)25-20(29)26-9-8-13-17(24-10-23-13)18(26)11-4-3-5-12(21)16(11)22/h3-5,10,14,18H,6-9H2,1-2H3,(H,23,24)(H,25,29)/t14-,18?/m0/s1. The van der Waals surface area contributed by atoms with Crippen LogP contribution in [0.15, 0.2) is 24.5 Å². The molecule has 2 amide bonds. The van der Waals surface area contributed by atoms with Gasteiger partial charge in [-0.3, -0.25) is 4.79 Å². The third-order valence-electron chi connectivity index (χ3n) is 5.11. The van der Waals surface area contributed by atoms with Gasteiger partial charge in [-0.2, -0.15) is 0 Å². The number of halogens is 2. The van der Waals surface area contributed by atoms with E-state index in [1.54, 1.807) is 0 Å². The fourth-order valence-corrected chi connectivity index (χ4v) is 3.53. The molecule has 0 radical (unpaired) electrons. The number of ether oxygens (including phenoxy) is 2. The second-order valence-corrected chi connectivity index (χ2v) is 6.90. The van der Waals surface area contributed by atoms with Gasteiger partial charge in [-0.1, -0.05) is 12.1 Å². The number of fused-ring (bicyclic) bond motifs is 1. The molecule has 0 spiro atoms. The van der Waals surface area contributed by atoms with Crippen LogP contribution in [0.3, 0.4) is 0 Å². The first-order chi connectivity index (χ1) is 14.9. The van der Waals surface area contributed by atoms with Gasteiger partial charge in [0.2, 0.25) is 0 Å². The number of imidazole rings is 1. The van der Waals surface area contributed by atoms with Crippen molar-refractivity contribution < 1.29 is 32.6 Å². The van der Waals surface area contributed by atoms with E-state index in [9.17, 15) is 23.2 Å². The Morgan fingerprint density at radius 2 is 2.06 bits per heavy atom. The number of aromatic amines is 1. The first-order valence-corrected chi connectivity index (χ1v) is 9.55. The van der Waals surface area contributed by atoms with Crippen molar-refractivity contribution in [3.63, 3.8) is 0 Å². The zero-order valence-corrected chi connectivity index (χ0v) is 17.0. The number of hydrogen-bond donors (Lipinski definition) is 2. The molecule has 166 valence electrons. The van der Waals surface area contributed by atoms with Gasteiger partial charge in [-0.25, -0.2) is 23.4 Å². The lowest BCUT2D eigenvalue weighted by atomic mass is 9.95. The molecule has 0 aliphatic carbocycles. The summed E-state index contributed by atoms with van der Waals surface area (Å²) in [6, 6.07) is 0.862. The SMILES string of the molecule is COC(=O)CC[C@H](NC(=O)N1CCc2[nH]cnc2C1c1cccc(F)c1F)C(=O)OC. The number of methoxy groups -OCH3 is 2. The van der Waals surface area contributed by atoms with Gasteiger partial charge < -0.3 is 24.7 Å². The molecule has 0 saturated carbocycles. The number of carbonyl (C=O) groups excluding carboxylic acids is 3. The maximum Gasteiger partial charge on any atom is 0.328 e. The fraction of sp³-hybridized carbons (Fsp3) is 0.400. The Bertz CT molecular complexity index is 980. The Morgan fingerprint density at radius 1 is 1.29 bits per heavy atom. The molecule has 2 atom stereocenters. The number of carbonyl (C=O) groups is 3. The molecule has 9 nitrogen and oxygen atoms in total. The predicted octanol–water partition coefficient (Wildman–Crippen LogP) is 1.84. The summed E-state index contributed by atoms with van der Waals surface area (Å²) >= 11 is 0. The van der Waals surface area contributed by atoms with Crippen LogP contribution in [0, 0.1) is 11.6 Å². The Balaban J connectivity index is 1.89. The second kappa shape index (κ2) is 9.54. The maximum absolute atomic E-state index is 14.6. The van der Waals surface area contributed by atoms with Crippen molar-refractivity contribution in [3.05, 3.63) is 53.1 Å². The molecule has 31 heavy (non-hydrogen) atoms. The minimum absolute atomic E-state index is 0.0500. The van der Waals surface area contributed by atoms with E-state index in [0.29, 0.717) is 17.8 Å². The third kappa shape index (κ3) is 4.65. The molecule has 3 rings (SSSR count). The van der Waals surface area contributed by atoms with Gasteiger partial charge in [-0.05, 0) is 12.5 Å².